The fraction of sp³-hybridized carbons (Fsp3) is 0.647. The highest BCUT2D eigenvalue weighted by Gasteiger charge is 2.23. The Balaban J connectivity index is 2.42. The van der Waals surface area contributed by atoms with Crippen LogP contribution in [0.3, 0.4) is 0 Å². The molecule has 0 radical (unpaired) electrons. The fourth-order valence-electron chi connectivity index (χ4n) is 3.12. The van der Waals surface area contributed by atoms with Gasteiger partial charge in [0.25, 0.3) is 0 Å². The number of anilines is 1. The lowest BCUT2D eigenvalue weighted by atomic mass is 10.00. The van der Waals surface area contributed by atoms with Crippen molar-refractivity contribution in [2.75, 3.05) is 24.5 Å². The van der Waals surface area contributed by atoms with Crippen LogP contribution in [0, 0.1) is 5.92 Å². The number of rotatable bonds is 3. The molecule has 2 nitrogen and oxygen atoms in total. The molecule has 0 spiro atoms. The van der Waals surface area contributed by atoms with Crippen molar-refractivity contribution in [2.45, 2.75) is 46.6 Å². The minimum absolute atomic E-state index is 0.572. The predicted molar refractivity (Wildman–Crippen MR) is 84.0 cm³/mol. The number of hydrogen-bond donors (Lipinski definition) is 1. The Hall–Kier alpha value is -1.02. The third kappa shape index (κ3) is 3.11. The molecule has 0 aliphatic carbocycles. The van der Waals surface area contributed by atoms with Crippen molar-refractivity contribution in [3.63, 3.8) is 0 Å². The van der Waals surface area contributed by atoms with Gasteiger partial charge >= 0.3 is 0 Å². The lowest BCUT2D eigenvalue weighted by Crippen LogP contribution is -2.39. The number of aryl methyl sites for hydroxylation is 2. The number of nitrogens with zero attached hydrogens (tertiary/aromatic N) is 1. The second-order valence-corrected chi connectivity index (χ2v) is 5.90. The number of benzene rings is 1. The highest BCUT2D eigenvalue weighted by atomic mass is 15.2. The lowest BCUT2D eigenvalue weighted by Gasteiger charge is -2.34. The van der Waals surface area contributed by atoms with Gasteiger partial charge in [0.15, 0.2) is 0 Å². The number of nitrogens with one attached hydrogen (secondary N) is 1. The van der Waals surface area contributed by atoms with Crippen LogP contribution in [0.25, 0.3) is 0 Å². The van der Waals surface area contributed by atoms with Crippen molar-refractivity contribution in [2.24, 2.45) is 5.92 Å². The van der Waals surface area contributed by atoms with Crippen LogP contribution in [0.5, 0.6) is 0 Å². The van der Waals surface area contributed by atoms with Crippen molar-refractivity contribution >= 4 is 5.69 Å². The van der Waals surface area contributed by atoms with Crippen LogP contribution in [0.1, 0.15) is 38.8 Å². The highest BCUT2D eigenvalue weighted by Crippen LogP contribution is 2.30. The van der Waals surface area contributed by atoms with E-state index < -0.39 is 0 Å². The zero-order valence-corrected chi connectivity index (χ0v) is 12.9. The van der Waals surface area contributed by atoms with Gasteiger partial charge in [-0.2, -0.15) is 0 Å². The zero-order valence-electron chi connectivity index (χ0n) is 12.9. The van der Waals surface area contributed by atoms with Gasteiger partial charge in [0, 0.05) is 24.8 Å². The van der Waals surface area contributed by atoms with Gasteiger partial charge in [0.05, 0.1) is 0 Å². The van der Waals surface area contributed by atoms with Crippen LogP contribution in [0.2, 0.25) is 0 Å². The molecule has 2 unspecified atom stereocenters. The van der Waals surface area contributed by atoms with Gasteiger partial charge in [-0.3, -0.25) is 0 Å². The Morgan fingerprint density at radius 3 is 2.32 bits per heavy atom. The van der Waals surface area contributed by atoms with Crippen LogP contribution in [-0.2, 0) is 12.8 Å². The van der Waals surface area contributed by atoms with E-state index in [4.69, 9.17) is 0 Å². The molecule has 2 rings (SSSR count). The van der Waals surface area contributed by atoms with Crippen molar-refractivity contribution in [1.29, 1.82) is 0 Å². The summed E-state index contributed by atoms with van der Waals surface area (Å²) >= 11 is 0. The van der Waals surface area contributed by atoms with E-state index in [1.807, 2.05) is 0 Å². The Morgan fingerprint density at radius 1 is 1.11 bits per heavy atom. The lowest BCUT2D eigenvalue weighted by molar-refractivity contribution is 0.563. The second-order valence-electron chi connectivity index (χ2n) is 5.90. The molecule has 1 saturated heterocycles. The first-order valence-electron chi connectivity index (χ1n) is 7.75. The average molecular weight is 260 g/mol. The summed E-state index contributed by atoms with van der Waals surface area (Å²) in [7, 11) is 0. The summed E-state index contributed by atoms with van der Waals surface area (Å²) in [5, 5.41) is 3.58. The third-order valence-corrected chi connectivity index (χ3v) is 4.23. The Kier molecular flexibility index (Phi) is 4.87. The molecule has 1 N–H and O–H groups in total. The fourth-order valence-corrected chi connectivity index (χ4v) is 3.12. The van der Waals surface area contributed by atoms with Crippen LogP contribution >= 0.6 is 0 Å². The topological polar surface area (TPSA) is 15.3 Å². The minimum Gasteiger partial charge on any atom is -0.367 e. The summed E-state index contributed by atoms with van der Waals surface area (Å²) in [6, 6.07) is 7.38. The third-order valence-electron chi connectivity index (χ3n) is 4.23. The van der Waals surface area contributed by atoms with E-state index in [-0.39, 0.29) is 0 Å². The largest absolute Gasteiger partial charge is 0.367 e. The van der Waals surface area contributed by atoms with Crippen molar-refractivity contribution in [3.8, 4) is 0 Å². The maximum absolute atomic E-state index is 3.58. The average Bonchev–Trinajstić information content (AvgIpc) is 2.59. The van der Waals surface area contributed by atoms with Gasteiger partial charge in [-0.05, 0) is 43.4 Å². The standard InChI is InChI=1S/C17H28N2/c1-5-15-8-7-9-16(6-2)17(15)19-12-13(3)10-18-11-14(19)4/h7-9,13-14,18H,5-6,10-12H2,1-4H3. The second kappa shape index (κ2) is 6.42. The van der Waals surface area contributed by atoms with Crippen LogP contribution in [0.15, 0.2) is 18.2 Å². The molecule has 1 aromatic carbocycles. The van der Waals surface area contributed by atoms with Gasteiger partial charge < -0.3 is 10.2 Å². The molecule has 0 bridgehead atoms. The normalized spacial score (nSPS) is 24.3. The Bertz CT molecular complexity index is 391. The van der Waals surface area contributed by atoms with E-state index in [2.05, 4.69) is 56.1 Å². The molecule has 19 heavy (non-hydrogen) atoms. The maximum Gasteiger partial charge on any atom is 0.0434 e. The summed E-state index contributed by atoms with van der Waals surface area (Å²) in [6.07, 6.45) is 2.24. The molecule has 1 aromatic rings. The van der Waals surface area contributed by atoms with E-state index >= 15 is 0 Å². The van der Waals surface area contributed by atoms with E-state index in [9.17, 15) is 0 Å². The first kappa shape index (κ1) is 14.4. The van der Waals surface area contributed by atoms with E-state index in [1.165, 1.54) is 16.8 Å². The van der Waals surface area contributed by atoms with Crippen molar-refractivity contribution in [1.82, 2.24) is 5.32 Å². The van der Waals surface area contributed by atoms with Crippen LogP contribution in [-0.4, -0.2) is 25.7 Å². The van der Waals surface area contributed by atoms with E-state index in [0.29, 0.717) is 12.0 Å². The first-order valence-corrected chi connectivity index (χ1v) is 7.75. The van der Waals surface area contributed by atoms with Crippen LogP contribution < -0.4 is 10.2 Å². The minimum atomic E-state index is 0.572. The molecular formula is C17H28N2. The first-order chi connectivity index (χ1) is 9.17. The zero-order chi connectivity index (χ0) is 13.8. The summed E-state index contributed by atoms with van der Waals surface area (Å²) in [6.45, 7) is 12.6. The van der Waals surface area contributed by atoms with Crippen molar-refractivity contribution < 1.29 is 0 Å². The molecule has 1 fully saturated rings. The number of hydrogen-bond acceptors (Lipinski definition) is 2. The summed E-state index contributed by atoms with van der Waals surface area (Å²) in [5.74, 6) is 0.708. The summed E-state index contributed by atoms with van der Waals surface area (Å²) in [4.78, 5) is 2.64. The van der Waals surface area contributed by atoms with Gasteiger partial charge in [0.2, 0.25) is 0 Å². The molecule has 106 valence electrons. The van der Waals surface area contributed by atoms with Gasteiger partial charge in [-0.1, -0.05) is 39.0 Å². The number of para-hydroxylation sites is 1. The van der Waals surface area contributed by atoms with E-state index in [0.717, 1.165) is 32.5 Å². The molecular weight excluding hydrogens is 232 g/mol. The Morgan fingerprint density at radius 2 is 1.74 bits per heavy atom. The van der Waals surface area contributed by atoms with Crippen molar-refractivity contribution in [3.05, 3.63) is 29.3 Å². The predicted octanol–water partition coefficient (Wildman–Crippen LogP) is 3.25. The monoisotopic (exact) mass is 260 g/mol. The molecule has 0 saturated carbocycles. The van der Waals surface area contributed by atoms with Gasteiger partial charge in [-0.25, -0.2) is 0 Å². The quantitative estimate of drug-likeness (QED) is 0.897. The summed E-state index contributed by atoms with van der Waals surface area (Å²) in [5.41, 5.74) is 4.51. The molecule has 1 heterocycles. The Labute approximate surface area is 118 Å². The smallest absolute Gasteiger partial charge is 0.0434 e. The SMILES string of the molecule is CCc1cccc(CC)c1N1CC(C)CNCC1C. The molecule has 2 heteroatoms. The molecule has 2 atom stereocenters. The highest BCUT2D eigenvalue weighted by molar-refractivity contribution is 5.61. The molecule has 0 aromatic heterocycles. The molecule has 1 aliphatic heterocycles. The van der Waals surface area contributed by atoms with Gasteiger partial charge in [0.1, 0.15) is 0 Å². The maximum atomic E-state index is 3.58. The molecule has 0 amide bonds. The molecule has 1 aliphatic rings. The van der Waals surface area contributed by atoms with E-state index in [1.54, 1.807) is 0 Å². The summed E-state index contributed by atoms with van der Waals surface area (Å²) < 4.78 is 0. The van der Waals surface area contributed by atoms with Crippen LogP contribution in [0.4, 0.5) is 5.69 Å². The van der Waals surface area contributed by atoms with Gasteiger partial charge in [-0.15, -0.1) is 0 Å².